The molecular formula is C14H20ClN3O3. The number of Topliss-reactive ketones (excluding diaryl/α,β-unsaturated/α-hetero) is 1. The van der Waals surface area contributed by atoms with Crippen molar-refractivity contribution in [1.29, 1.82) is 0 Å². The van der Waals surface area contributed by atoms with Crippen molar-refractivity contribution < 1.29 is 31.4 Å². The summed E-state index contributed by atoms with van der Waals surface area (Å²) in [6, 6.07) is 2.81. The van der Waals surface area contributed by atoms with Crippen LogP contribution >= 0.6 is 0 Å². The van der Waals surface area contributed by atoms with Gasteiger partial charge in [-0.15, -0.1) is 0 Å². The number of hydrogen-bond acceptors (Lipinski definition) is 3. The zero-order chi connectivity index (χ0) is 15.3. The average molecular weight is 314 g/mol. The molecule has 7 heteroatoms. The lowest BCUT2D eigenvalue weighted by Gasteiger charge is -2.19. The van der Waals surface area contributed by atoms with Crippen molar-refractivity contribution in [3.05, 3.63) is 30.1 Å². The Kier molecular flexibility index (Phi) is 7.01. The van der Waals surface area contributed by atoms with E-state index in [0.29, 0.717) is 5.56 Å². The van der Waals surface area contributed by atoms with Crippen LogP contribution in [0, 0.1) is 0 Å². The Morgan fingerprint density at radius 3 is 2.38 bits per heavy atom. The van der Waals surface area contributed by atoms with Gasteiger partial charge in [0.05, 0.1) is 5.56 Å². The summed E-state index contributed by atoms with van der Waals surface area (Å²) in [7, 11) is 0. The highest BCUT2D eigenvalue weighted by Crippen LogP contribution is 1.97. The van der Waals surface area contributed by atoms with Gasteiger partial charge in [-0.1, -0.05) is 0 Å². The molecule has 1 rings (SSSR count). The highest BCUT2D eigenvalue weighted by molar-refractivity contribution is 5.94. The topological polar surface area (TPSA) is 79.2 Å². The van der Waals surface area contributed by atoms with Crippen molar-refractivity contribution in [2.24, 2.45) is 0 Å². The largest absolute Gasteiger partial charge is 1.00 e. The number of nitrogens with zero attached hydrogens (tertiary/aromatic N) is 1. The molecule has 0 atom stereocenters. The molecule has 0 aliphatic rings. The number of carbonyl (C=O) groups excluding carboxylic acids is 3. The van der Waals surface area contributed by atoms with E-state index in [1.807, 2.05) is 20.8 Å². The van der Waals surface area contributed by atoms with Crippen molar-refractivity contribution in [3.63, 3.8) is 0 Å². The maximum absolute atomic E-state index is 11.7. The molecule has 0 bridgehead atoms. The summed E-state index contributed by atoms with van der Waals surface area (Å²) in [4.78, 5) is 34.5. The molecule has 0 saturated heterocycles. The second-order valence-corrected chi connectivity index (χ2v) is 5.57. The van der Waals surface area contributed by atoms with Crippen LogP contribution in [0.3, 0.4) is 0 Å². The maximum Gasteiger partial charge on any atom is 0.322 e. The van der Waals surface area contributed by atoms with E-state index in [2.05, 4.69) is 10.6 Å². The Morgan fingerprint density at radius 2 is 1.86 bits per heavy atom. The van der Waals surface area contributed by atoms with Crippen LogP contribution < -0.4 is 27.6 Å². The quantitative estimate of drug-likeness (QED) is 0.491. The Morgan fingerprint density at radius 1 is 1.24 bits per heavy atom. The van der Waals surface area contributed by atoms with Crippen LogP contribution in [-0.4, -0.2) is 23.3 Å². The van der Waals surface area contributed by atoms with E-state index in [9.17, 15) is 14.4 Å². The average Bonchev–Trinajstić information content (AvgIpc) is 2.25. The Bertz CT molecular complexity index is 539. The molecule has 21 heavy (non-hydrogen) atoms. The van der Waals surface area contributed by atoms with E-state index in [-0.39, 0.29) is 24.7 Å². The monoisotopic (exact) mass is 313 g/mol. The summed E-state index contributed by atoms with van der Waals surface area (Å²) >= 11 is 0. The van der Waals surface area contributed by atoms with Gasteiger partial charge in [-0.2, -0.15) is 4.57 Å². The maximum atomic E-state index is 11.7. The molecule has 0 saturated carbocycles. The number of nitrogens with one attached hydrogen (secondary N) is 2. The summed E-state index contributed by atoms with van der Waals surface area (Å²) in [5.74, 6) is -0.525. The molecule has 0 unspecified atom stereocenters. The predicted molar refractivity (Wildman–Crippen MR) is 73.1 cm³/mol. The number of carbonyl (C=O) groups is 3. The van der Waals surface area contributed by atoms with Gasteiger partial charge < -0.3 is 17.7 Å². The van der Waals surface area contributed by atoms with Crippen LogP contribution in [0.5, 0.6) is 0 Å². The molecular weight excluding hydrogens is 294 g/mol. The Labute approximate surface area is 130 Å². The van der Waals surface area contributed by atoms with Crippen molar-refractivity contribution in [2.75, 3.05) is 0 Å². The van der Waals surface area contributed by atoms with Crippen LogP contribution in [0.1, 0.15) is 38.1 Å². The number of urea groups is 1. The number of amides is 3. The second-order valence-electron chi connectivity index (χ2n) is 5.57. The minimum atomic E-state index is -0.536. The minimum absolute atomic E-state index is 0. The summed E-state index contributed by atoms with van der Waals surface area (Å²) < 4.78 is 1.55. The highest BCUT2D eigenvalue weighted by atomic mass is 35.5. The van der Waals surface area contributed by atoms with E-state index >= 15 is 0 Å². The van der Waals surface area contributed by atoms with Crippen molar-refractivity contribution in [3.8, 4) is 0 Å². The van der Waals surface area contributed by atoms with Crippen molar-refractivity contribution in [1.82, 2.24) is 10.6 Å². The first kappa shape index (κ1) is 19.1. The normalized spacial score (nSPS) is 10.3. The van der Waals surface area contributed by atoms with Crippen LogP contribution in [0.25, 0.3) is 0 Å². The van der Waals surface area contributed by atoms with E-state index in [4.69, 9.17) is 0 Å². The molecule has 116 valence electrons. The van der Waals surface area contributed by atoms with E-state index in [1.54, 1.807) is 29.1 Å². The minimum Gasteiger partial charge on any atom is -1.00 e. The summed E-state index contributed by atoms with van der Waals surface area (Å²) in [5, 5.41) is 4.87. The zero-order valence-electron chi connectivity index (χ0n) is 12.6. The fraction of sp³-hybridized carbons (Fsp3) is 0.429. The first-order valence-electron chi connectivity index (χ1n) is 6.29. The molecule has 0 aliphatic carbocycles. The SMILES string of the molecule is CC(=O)c1ccc[n+](CC(=O)NC(=O)NC(C)(C)C)c1.[Cl-]. The number of halogens is 1. The smallest absolute Gasteiger partial charge is 0.322 e. The third kappa shape index (κ3) is 7.41. The van der Waals surface area contributed by atoms with Crippen LogP contribution in [0.15, 0.2) is 24.5 Å². The number of ketones is 1. The van der Waals surface area contributed by atoms with Crippen LogP contribution in [0.2, 0.25) is 0 Å². The van der Waals surface area contributed by atoms with Crippen molar-refractivity contribution in [2.45, 2.75) is 39.8 Å². The van der Waals surface area contributed by atoms with E-state index < -0.39 is 17.5 Å². The van der Waals surface area contributed by atoms with E-state index in [0.717, 1.165) is 0 Å². The van der Waals surface area contributed by atoms with Crippen LogP contribution in [0.4, 0.5) is 4.79 Å². The lowest BCUT2D eigenvalue weighted by Crippen LogP contribution is -3.00. The summed E-state index contributed by atoms with van der Waals surface area (Å²) in [6.07, 6.45) is 3.23. The van der Waals surface area contributed by atoms with Gasteiger partial charge in [0.1, 0.15) is 0 Å². The Hall–Kier alpha value is -1.95. The lowest BCUT2D eigenvalue weighted by atomic mass is 10.1. The number of hydrogen-bond donors (Lipinski definition) is 2. The van der Waals surface area contributed by atoms with Gasteiger partial charge in [0.25, 0.3) is 5.91 Å². The molecule has 0 aliphatic heterocycles. The highest BCUT2D eigenvalue weighted by Gasteiger charge is 2.18. The third-order valence-electron chi connectivity index (χ3n) is 2.33. The van der Waals surface area contributed by atoms with Crippen molar-refractivity contribution >= 4 is 17.7 Å². The fourth-order valence-corrected chi connectivity index (χ4v) is 1.53. The number of rotatable bonds is 3. The van der Waals surface area contributed by atoms with Crippen LogP contribution in [-0.2, 0) is 11.3 Å². The molecule has 1 aromatic rings. The van der Waals surface area contributed by atoms with Gasteiger partial charge in [-0.05, 0) is 33.8 Å². The van der Waals surface area contributed by atoms with Gasteiger partial charge in [-0.25, -0.2) is 4.79 Å². The van der Waals surface area contributed by atoms with Gasteiger partial charge in [0.15, 0.2) is 18.2 Å². The molecule has 0 aromatic carbocycles. The molecule has 1 aromatic heterocycles. The molecule has 1 heterocycles. The molecule has 3 amide bonds. The number of imide groups is 1. The van der Waals surface area contributed by atoms with E-state index in [1.165, 1.54) is 6.92 Å². The van der Waals surface area contributed by atoms with Gasteiger partial charge in [-0.3, -0.25) is 14.9 Å². The summed E-state index contributed by atoms with van der Waals surface area (Å²) in [6.45, 7) is 6.89. The second kappa shape index (κ2) is 7.73. The third-order valence-corrected chi connectivity index (χ3v) is 2.33. The van der Waals surface area contributed by atoms with Gasteiger partial charge in [0.2, 0.25) is 6.54 Å². The fourth-order valence-electron chi connectivity index (χ4n) is 1.53. The Balaban J connectivity index is 0.00000400. The van der Waals surface area contributed by atoms with Gasteiger partial charge >= 0.3 is 6.03 Å². The first-order chi connectivity index (χ1) is 9.17. The van der Waals surface area contributed by atoms with Gasteiger partial charge in [0, 0.05) is 11.6 Å². The first-order valence-corrected chi connectivity index (χ1v) is 6.29. The predicted octanol–water partition coefficient (Wildman–Crippen LogP) is -2.19. The standard InChI is InChI=1S/C14H19N3O3.ClH/c1-10(18)11-6-5-7-17(8-11)9-12(19)15-13(20)16-14(2,3)4;/h5-8H,9H2,1-4H3,(H-,15,16,19,20);1H. The molecule has 0 fully saturated rings. The molecule has 6 nitrogen and oxygen atoms in total. The molecule has 0 spiro atoms. The number of pyridine rings is 1. The zero-order valence-corrected chi connectivity index (χ0v) is 13.3. The molecule has 0 radical (unpaired) electrons. The number of aromatic nitrogens is 1. The lowest BCUT2D eigenvalue weighted by molar-refractivity contribution is -0.684. The summed E-state index contributed by atoms with van der Waals surface area (Å²) in [5.41, 5.74) is 0.103. The molecule has 2 N–H and O–H groups in total.